The van der Waals surface area contributed by atoms with Crippen LogP contribution in [-0.2, 0) is 16.6 Å². The van der Waals surface area contributed by atoms with Crippen LogP contribution in [0.15, 0.2) is 60.8 Å². The topological polar surface area (TPSA) is 89.4 Å². The van der Waals surface area contributed by atoms with Gasteiger partial charge in [0.1, 0.15) is 0 Å². The first-order valence-electron chi connectivity index (χ1n) is 8.90. The van der Waals surface area contributed by atoms with E-state index in [1.54, 1.807) is 43.5 Å². The predicted molar refractivity (Wildman–Crippen MR) is 105 cm³/mol. The molecule has 1 aromatic heterocycles. The standard InChI is InChI=1S/C21H21N3O4/c1-3-22-21(27)23-19(25)18(14-9-5-4-6-10-14)28-20(26)16-13-24(2)17-12-8-7-11-15(16)17/h4-13,18H,3H2,1-2H3,(H2,22,23,25,27)/t18-/m0/s1. The number of amides is 3. The zero-order chi connectivity index (χ0) is 20.1. The summed E-state index contributed by atoms with van der Waals surface area (Å²) in [7, 11) is 1.83. The number of urea groups is 1. The maximum atomic E-state index is 12.9. The van der Waals surface area contributed by atoms with Gasteiger partial charge in [0.05, 0.1) is 5.56 Å². The molecule has 2 N–H and O–H groups in total. The van der Waals surface area contributed by atoms with Gasteiger partial charge in [0.25, 0.3) is 5.91 Å². The molecular formula is C21H21N3O4. The molecule has 0 unspecified atom stereocenters. The van der Waals surface area contributed by atoms with E-state index >= 15 is 0 Å². The minimum atomic E-state index is -1.25. The molecule has 7 heteroatoms. The second-order valence-electron chi connectivity index (χ2n) is 6.22. The summed E-state index contributed by atoms with van der Waals surface area (Å²) in [5.41, 5.74) is 1.69. The number of aryl methyl sites for hydroxylation is 1. The van der Waals surface area contributed by atoms with Crippen LogP contribution in [0.2, 0.25) is 0 Å². The van der Waals surface area contributed by atoms with E-state index in [0.29, 0.717) is 17.7 Å². The number of benzene rings is 2. The summed E-state index contributed by atoms with van der Waals surface area (Å²) in [6.45, 7) is 2.10. The number of para-hydroxylation sites is 1. The molecule has 0 aliphatic heterocycles. The summed E-state index contributed by atoms with van der Waals surface area (Å²) >= 11 is 0. The molecule has 0 saturated carbocycles. The molecule has 0 radical (unpaired) electrons. The van der Waals surface area contributed by atoms with Crippen molar-refractivity contribution in [3.8, 4) is 0 Å². The number of ether oxygens (including phenoxy) is 1. The van der Waals surface area contributed by atoms with Crippen LogP contribution in [0.3, 0.4) is 0 Å². The van der Waals surface area contributed by atoms with Crippen molar-refractivity contribution in [3.63, 3.8) is 0 Å². The maximum absolute atomic E-state index is 12.9. The first-order chi connectivity index (χ1) is 13.5. The van der Waals surface area contributed by atoms with Gasteiger partial charge in [-0.05, 0) is 13.0 Å². The number of nitrogens with one attached hydrogen (secondary N) is 2. The Labute approximate surface area is 162 Å². The third-order valence-corrected chi connectivity index (χ3v) is 4.26. The number of nitrogens with zero attached hydrogens (tertiary/aromatic N) is 1. The van der Waals surface area contributed by atoms with Crippen molar-refractivity contribution in [2.45, 2.75) is 13.0 Å². The molecule has 0 aliphatic carbocycles. The first-order valence-corrected chi connectivity index (χ1v) is 8.90. The smallest absolute Gasteiger partial charge is 0.341 e. The Kier molecular flexibility index (Phi) is 5.74. The minimum Gasteiger partial charge on any atom is -0.444 e. The fourth-order valence-corrected chi connectivity index (χ4v) is 2.96. The summed E-state index contributed by atoms with van der Waals surface area (Å²) < 4.78 is 7.36. The SMILES string of the molecule is CCNC(=O)NC(=O)[C@@H](OC(=O)c1cn(C)c2ccccc12)c1ccccc1. The Morgan fingerprint density at radius 2 is 1.71 bits per heavy atom. The lowest BCUT2D eigenvalue weighted by Gasteiger charge is -2.17. The lowest BCUT2D eigenvalue weighted by molar-refractivity contribution is -0.129. The van der Waals surface area contributed by atoms with Crippen LogP contribution in [0.25, 0.3) is 10.9 Å². The maximum Gasteiger partial charge on any atom is 0.341 e. The Hall–Kier alpha value is -3.61. The quantitative estimate of drug-likeness (QED) is 0.667. The summed E-state index contributed by atoms with van der Waals surface area (Å²) in [6.07, 6.45) is 0.409. The van der Waals surface area contributed by atoms with Crippen LogP contribution in [-0.4, -0.2) is 29.0 Å². The normalized spacial score (nSPS) is 11.6. The van der Waals surface area contributed by atoms with Crippen molar-refractivity contribution in [2.24, 2.45) is 7.05 Å². The van der Waals surface area contributed by atoms with E-state index in [1.807, 2.05) is 35.9 Å². The number of carbonyl (C=O) groups excluding carboxylic acids is 3. The van der Waals surface area contributed by atoms with Crippen LogP contribution in [0, 0.1) is 0 Å². The fraction of sp³-hybridized carbons (Fsp3) is 0.190. The largest absolute Gasteiger partial charge is 0.444 e. The van der Waals surface area contributed by atoms with Gasteiger partial charge in [-0.1, -0.05) is 48.5 Å². The van der Waals surface area contributed by atoms with E-state index in [0.717, 1.165) is 10.9 Å². The monoisotopic (exact) mass is 379 g/mol. The third-order valence-electron chi connectivity index (χ3n) is 4.26. The molecule has 7 nitrogen and oxygen atoms in total. The number of hydrogen-bond donors (Lipinski definition) is 2. The summed E-state index contributed by atoms with van der Waals surface area (Å²) in [4.78, 5) is 37.2. The predicted octanol–water partition coefficient (Wildman–Crippen LogP) is 2.92. The molecule has 0 spiro atoms. The second-order valence-corrected chi connectivity index (χ2v) is 6.22. The van der Waals surface area contributed by atoms with E-state index < -0.39 is 24.0 Å². The van der Waals surface area contributed by atoms with E-state index in [1.165, 1.54) is 0 Å². The van der Waals surface area contributed by atoms with Crippen LogP contribution in [0.4, 0.5) is 4.79 Å². The number of hydrogen-bond acceptors (Lipinski definition) is 4. The third kappa shape index (κ3) is 4.03. The number of esters is 1. The molecule has 0 aliphatic rings. The van der Waals surface area contributed by atoms with Crippen molar-refractivity contribution in [3.05, 3.63) is 71.9 Å². The Morgan fingerprint density at radius 1 is 1.04 bits per heavy atom. The molecular weight excluding hydrogens is 358 g/mol. The summed E-state index contributed by atoms with van der Waals surface area (Å²) in [5.74, 6) is -1.36. The lowest BCUT2D eigenvalue weighted by Crippen LogP contribution is -2.42. The fourth-order valence-electron chi connectivity index (χ4n) is 2.96. The molecule has 3 aromatic rings. The van der Waals surface area contributed by atoms with Crippen LogP contribution in [0.5, 0.6) is 0 Å². The van der Waals surface area contributed by atoms with E-state index in [4.69, 9.17) is 4.74 Å². The first kappa shape index (κ1) is 19.2. The highest BCUT2D eigenvalue weighted by molar-refractivity contribution is 6.05. The highest BCUT2D eigenvalue weighted by atomic mass is 16.5. The zero-order valence-corrected chi connectivity index (χ0v) is 15.6. The van der Waals surface area contributed by atoms with E-state index in [9.17, 15) is 14.4 Å². The van der Waals surface area contributed by atoms with Gasteiger partial charge in [-0.25, -0.2) is 9.59 Å². The number of imide groups is 1. The molecule has 1 heterocycles. The van der Waals surface area contributed by atoms with Crippen LogP contribution >= 0.6 is 0 Å². The van der Waals surface area contributed by atoms with Crippen molar-refractivity contribution < 1.29 is 19.1 Å². The van der Waals surface area contributed by atoms with Crippen molar-refractivity contribution in [1.29, 1.82) is 0 Å². The van der Waals surface area contributed by atoms with E-state index in [-0.39, 0.29) is 0 Å². The molecule has 1 atom stereocenters. The average molecular weight is 379 g/mol. The molecule has 0 saturated heterocycles. The lowest BCUT2D eigenvalue weighted by atomic mass is 10.1. The van der Waals surface area contributed by atoms with Crippen LogP contribution < -0.4 is 10.6 Å². The Bertz CT molecular complexity index is 1010. The molecule has 3 rings (SSSR count). The molecule has 3 amide bonds. The van der Waals surface area contributed by atoms with Gasteiger partial charge in [-0.15, -0.1) is 0 Å². The summed E-state index contributed by atoms with van der Waals surface area (Å²) in [5, 5.41) is 5.42. The van der Waals surface area contributed by atoms with Crippen molar-refractivity contribution in [1.82, 2.24) is 15.2 Å². The number of carbonyl (C=O) groups is 3. The molecule has 2 aromatic carbocycles. The van der Waals surface area contributed by atoms with Gasteiger partial charge in [-0.2, -0.15) is 0 Å². The molecule has 0 fully saturated rings. The number of aromatic nitrogens is 1. The van der Waals surface area contributed by atoms with Gasteiger partial charge in [0.15, 0.2) is 0 Å². The molecule has 0 bridgehead atoms. The Morgan fingerprint density at radius 3 is 2.43 bits per heavy atom. The van der Waals surface area contributed by atoms with E-state index in [2.05, 4.69) is 10.6 Å². The van der Waals surface area contributed by atoms with Gasteiger partial charge >= 0.3 is 12.0 Å². The van der Waals surface area contributed by atoms with Crippen molar-refractivity contribution in [2.75, 3.05) is 6.54 Å². The molecule has 144 valence electrons. The average Bonchev–Trinajstić information content (AvgIpc) is 3.04. The second kappa shape index (κ2) is 8.39. The summed E-state index contributed by atoms with van der Waals surface area (Å²) in [6, 6.07) is 15.3. The van der Waals surface area contributed by atoms with Gasteiger partial charge < -0.3 is 14.6 Å². The highest BCUT2D eigenvalue weighted by Crippen LogP contribution is 2.25. The number of rotatable bonds is 5. The molecule has 28 heavy (non-hydrogen) atoms. The van der Waals surface area contributed by atoms with Gasteiger partial charge in [0, 0.05) is 36.3 Å². The highest BCUT2D eigenvalue weighted by Gasteiger charge is 2.28. The minimum absolute atomic E-state index is 0.352. The van der Waals surface area contributed by atoms with Gasteiger partial charge in [0.2, 0.25) is 6.10 Å². The van der Waals surface area contributed by atoms with Gasteiger partial charge in [-0.3, -0.25) is 10.1 Å². The zero-order valence-electron chi connectivity index (χ0n) is 15.6. The number of fused-ring (bicyclic) bond motifs is 1. The Balaban J connectivity index is 1.89. The van der Waals surface area contributed by atoms with Crippen molar-refractivity contribution >= 4 is 28.8 Å². The van der Waals surface area contributed by atoms with Crippen LogP contribution in [0.1, 0.15) is 28.9 Å².